The molecule has 102 valence electrons. The van der Waals surface area contributed by atoms with Gasteiger partial charge in [0.15, 0.2) is 11.6 Å². The molecule has 0 bridgehead atoms. The Labute approximate surface area is 113 Å². The van der Waals surface area contributed by atoms with E-state index in [-0.39, 0.29) is 17.5 Å². The average Bonchev–Trinajstić information content (AvgIpc) is 2.84. The SMILES string of the molecule is CNC1(C#N)CCCC1CCOc1ccccc1F. The van der Waals surface area contributed by atoms with E-state index < -0.39 is 5.54 Å². The first-order valence-corrected chi connectivity index (χ1v) is 6.69. The maximum atomic E-state index is 13.4. The number of para-hydroxylation sites is 1. The maximum absolute atomic E-state index is 13.4. The van der Waals surface area contributed by atoms with Crippen LogP contribution in [0.4, 0.5) is 4.39 Å². The van der Waals surface area contributed by atoms with Crippen LogP contribution in [0.2, 0.25) is 0 Å². The second-order valence-corrected chi connectivity index (χ2v) is 4.99. The Bertz CT molecular complexity index is 471. The van der Waals surface area contributed by atoms with Gasteiger partial charge in [0.2, 0.25) is 0 Å². The molecule has 2 atom stereocenters. The van der Waals surface area contributed by atoms with E-state index in [1.807, 2.05) is 7.05 Å². The minimum Gasteiger partial charge on any atom is -0.491 e. The van der Waals surface area contributed by atoms with Crippen LogP contribution < -0.4 is 10.1 Å². The molecule has 0 aromatic heterocycles. The second-order valence-electron chi connectivity index (χ2n) is 4.99. The minimum atomic E-state index is -0.432. The Balaban J connectivity index is 1.90. The lowest BCUT2D eigenvalue weighted by molar-refractivity contribution is 0.233. The van der Waals surface area contributed by atoms with E-state index in [1.165, 1.54) is 6.07 Å². The average molecular weight is 262 g/mol. The van der Waals surface area contributed by atoms with Crippen LogP contribution in [0.25, 0.3) is 0 Å². The van der Waals surface area contributed by atoms with Crippen LogP contribution in [-0.2, 0) is 0 Å². The first-order valence-electron chi connectivity index (χ1n) is 6.69. The van der Waals surface area contributed by atoms with Crippen LogP contribution >= 0.6 is 0 Å². The highest BCUT2D eigenvalue weighted by Crippen LogP contribution is 2.37. The molecule has 0 heterocycles. The normalized spacial score (nSPS) is 26.1. The van der Waals surface area contributed by atoms with Crippen molar-refractivity contribution < 1.29 is 9.13 Å². The van der Waals surface area contributed by atoms with Crippen LogP contribution in [0.15, 0.2) is 24.3 Å². The summed E-state index contributed by atoms with van der Waals surface area (Å²) in [6.07, 6.45) is 3.72. The molecule has 0 spiro atoms. The van der Waals surface area contributed by atoms with Gasteiger partial charge in [0.1, 0.15) is 5.54 Å². The van der Waals surface area contributed by atoms with Crippen molar-refractivity contribution in [2.75, 3.05) is 13.7 Å². The maximum Gasteiger partial charge on any atom is 0.165 e. The number of halogens is 1. The predicted molar refractivity (Wildman–Crippen MR) is 71.3 cm³/mol. The molecule has 3 nitrogen and oxygen atoms in total. The summed E-state index contributed by atoms with van der Waals surface area (Å²) in [4.78, 5) is 0. The van der Waals surface area contributed by atoms with Crippen molar-refractivity contribution in [3.8, 4) is 11.8 Å². The molecule has 1 aliphatic rings. The van der Waals surface area contributed by atoms with Crippen LogP contribution in [0.1, 0.15) is 25.7 Å². The van der Waals surface area contributed by atoms with Crippen molar-refractivity contribution in [2.45, 2.75) is 31.2 Å². The van der Waals surface area contributed by atoms with E-state index in [0.29, 0.717) is 6.61 Å². The number of nitrogens with one attached hydrogen (secondary N) is 1. The minimum absolute atomic E-state index is 0.272. The molecular formula is C15H19FN2O. The Kier molecular flexibility index (Phi) is 4.39. The third-order valence-corrected chi connectivity index (χ3v) is 4.03. The lowest BCUT2D eigenvalue weighted by Gasteiger charge is -2.28. The van der Waals surface area contributed by atoms with Gasteiger partial charge < -0.3 is 10.1 Å². The van der Waals surface area contributed by atoms with Gasteiger partial charge in [-0.1, -0.05) is 18.6 Å². The first-order chi connectivity index (χ1) is 9.22. The molecule has 2 rings (SSSR count). The molecule has 1 N–H and O–H groups in total. The number of hydrogen-bond acceptors (Lipinski definition) is 3. The molecule has 0 aliphatic heterocycles. The number of ether oxygens (including phenoxy) is 1. The zero-order valence-electron chi connectivity index (χ0n) is 11.2. The highest BCUT2D eigenvalue weighted by atomic mass is 19.1. The highest BCUT2D eigenvalue weighted by molar-refractivity contribution is 5.23. The molecule has 0 radical (unpaired) electrons. The van der Waals surface area contributed by atoms with Crippen molar-refractivity contribution >= 4 is 0 Å². The van der Waals surface area contributed by atoms with Gasteiger partial charge in [0.25, 0.3) is 0 Å². The fourth-order valence-corrected chi connectivity index (χ4v) is 2.87. The molecule has 2 unspecified atom stereocenters. The van der Waals surface area contributed by atoms with E-state index >= 15 is 0 Å². The molecular weight excluding hydrogens is 243 g/mol. The summed E-state index contributed by atoms with van der Waals surface area (Å²) in [5, 5.41) is 12.5. The number of rotatable bonds is 5. The van der Waals surface area contributed by atoms with Crippen LogP contribution in [0.3, 0.4) is 0 Å². The summed E-state index contributed by atoms with van der Waals surface area (Å²) >= 11 is 0. The Morgan fingerprint density at radius 3 is 3.00 bits per heavy atom. The van der Waals surface area contributed by atoms with Crippen molar-refractivity contribution in [1.82, 2.24) is 5.32 Å². The van der Waals surface area contributed by atoms with E-state index in [2.05, 4.69) is 11.4 Å². The van der Waals surface area contributed by atoms with E-state index in [0.717, 1.165) is 25.7 Å². The fourth-order valence-electron chi connectivity index (χ4n) is 2.87. The van der Waals surface area contributed by atoms with E-state index in [1.54, 1.807) is 18.2 Å². The van der Waals surface area contributed by atoms with Gasteiger partial charge in [-0.05, 0) is 44.4 Å². The molecule has 0 saturated heterocycles. The van der Waals surface area contributed by atoms with E-state index in [9.17, 15) is 9.65 Å². The summed E-state index contributed by atoms with van der Waals surface area (Å²) in [5.41, 5.74) is -0.432. The van der Waals surface area contributed by atoms with Gasteiger partial charge >= 0.3 is 0 Å². The Hall–Kier alpha value is -1.60. The summed E-state index contributed by atoms with van der Waals surface area (Å²) < 4.78 is 18.9. The largest absolute Gasteiger partial charge is 0.491 e. The van der Waals surface area contributed by atoms with Gasteiger partial charge in [0, 0.05) is 0 Å². The standard InChI is InChI=1S/C15H19FN2O/c1-18-15(11-17)9-4-5-12(15)8-10-19-14-7-3-2-6-13(14)16/h2-3,6-7,12,18H,4-5,8-10H2,1H3. The molecule has 19 heavy (non-hydrogen) atoms. The third kappa shape index (κ3) is 2.87. The Morgan fingerprint density at radius 1 is 1.53 bits per heavy atom. The van der Waals surface area contributed by atoms with Crippen molar-refractivity contribution in [1.29, 1.82) is 5.26 Å². The first kappa shape index (κ1) is 13.8. The molecule has 1 aromatic carbocycles. The van der Waals surface area contributed by atoms with Crippen molar-refractivity contribution in [3.63, 3.8) is 0 Å². The lowest BCUT2D eigenvalue weighted by Crippen LogP contribution is -2.45. The molecule has 1 saturated carbocycles. The predicted octanol–water partition coefficient (Wildman–Crippen LogP) is 2.88. The monoisotopic (exact) mass is 262 g/mol. The Morgan fingerprint density at radius 2 is 2.32 bits per heavy atom. The summed E-state index contributed by atoms with van der Waals surface area (Å²) in [6.45, 7) is 0.441. The summed E-state index contributed by atoms with van der Waals surface area (Å²) in [6, 6.07) is 8.80. The molecule has 1 aliphatic carbocycles. The summed E-state index contributed by atoms with van der Waals surface area (Å²) in [5.74, 6) is 0.218. The molecule has 1 aromatic rings. The molecule has 4 heteroatoms. The fraction of sp³-hybridized carbons (Fsp3) is 0.533. The highest BCUT2D eigenvalue weighted by Gasteiger charge is 2.41. The third-order valence-electron chi connectivity index (χ3n) is 4.03. The van der Waals surface area contributed by atoms with Gasteiger partial charge in [-0.3, -0.25) is 0 Å². The number of hydrogen-bond donors (Lipinski definition) is 1. The lowest BCUT2D eigenvalue weighted by atomic mass is 9.86. The van der Waals surface area contributed by atoms with Crippen LogP contribution in [0.5, 0.6) is 5.75 Å². The topological polar surface area (TPSA) is 45.0 Å². The van der Waals surface area contributed by atoms with Crippen LogP contribution in [0, 0.1) is 23.1 Å². The molecule has 0 amide bonds. The zero-order chi connectivity index (χ0) is 13.7. The molecule has 1 fully saturated rings. The quantitative estimate of drug-likeness (QED) is 0.887. The smallest absolute Gasteiger partial charge is 0.165 e. The second kappa shape index (κ2) is 6.03. The number of nitriles is 1. The number of benzene rings is 1. The van der Waals surface area contributed by atoms with Crippen LogP contribution in [-0.4, -0.2) is 19.2 Å². The summed E-state index contributed by atoms with van der Waals surface area (Å²) in [7, 11) is 1.83. The zero-order valence-corrected chi connectivity index (χ0v) is 11.2. The number of nitrogens with zero attached hydrogens (tertiary/aromatic N) is 1. The van der Waals surface area contributed by atoms with Gasteiger partial charge in [-0.15, -0.1) is 0 Å². The van der Waals surface area contributed by atoms with Gasteiger partial charge in [0.05, 0.1) is 12.7 Å². The van der Waals surface area contributed by atoms with Gasteiger partial charge in [-0.2, -0.15) is 5.26 Å². The van der Waals surface area contributed by atoms with E-state index in [4.69, 9.17) is 4.74 Å². The van der Waals surface area contributed by atoms with Crippen molar-refractivity contribution in [3.05, 3.63) is 30.1 Å². The van der Waals surface area contributed by atoms with Gasteiger partial charge in [-0.25, -0.2) is 4.39 Å². The van der Waals surface area contributed by atoms with Crippen molar-refractivity contribution in [2.24, 2.45) is 5.92 Å².